The van der Waals surface area contributed by atoms with Crippen LogP contribution in [0.15, 0.2) is 53.4 Å². The van der Waals surface area contributed by atoms with Gasteiger partial charge in [0.05, 0.1) is 5.02 Å². The van der Waals surface area contributed by atoms with Crippen molar-refractivity contribution in [3.63, 3.8) is 0 Å². The Labute approximate surface area is 121 Å². The molecule has 19 heavy (non-hydrogen) atoms. The second-order valence-corrected chi connectivity index (χ2v) is 6.17. The third kappa shape index (κ3) is 3.61. The molecule has 0 spiro atoms. The van der Waals surface area contributed by atoms with Gasteiger partial charge in [-0.2, -0.15) is 0 Å². The number of rotatable bonds is 4. The number of benzene rings is 2. The molecule has 0 fully saturated rings. The Hall–Kier alpha value is -1.27. The van der Waals surface area contributed by atoms with Crippen LogP contribution in [-0.4, -0.2) is 8.42 Å². The van der Waals surface area contributed by atoms with Crippen molar-refractivity contribution in [1.82, 2.24) is 4.83 Å². The molecule has 0 amide bonds. The molecule has 0 heterocycles. The van der Waals surface area contributed by atoms with Crippen LogP contribution in [0.3, 0.4) is 0 Å². The number of hydrazine groups is 1. The van der Waals surface area contributed by atoms with Crippen molar-refractivity contribution in [2.24, 2.45) is 0 Å². The summed E-state index contributed by atoms with van der Waals surface area (Å²) in [6.45, 7) is 0. The van der Waals surface area contributed by atoms with Crippen LogP contribution >= 0.6 is 23.2 Å². The molecule has 2 rings (SSSR count). The first kappa shape index (κ1) is 14.1. The Kier molecular flexibility index (Phi) is 4.31. The largest absolute Gasteiger partial charge is 0.308 e. The lowest BCUT2D eigenvalue weighted by molar-refractivity contribution is 0.588. The minimum atomic E-state index is -3.79. The third-order valence-corrected chi connectivity index (χ3v) is 4.25. The molecular formula is C12H10Cl2N2O2S. The Balaban J connectivity index is 2.21. The van der Waals surface area contributed by atoms with Gasteiger partial charge in [0, 0.05) is 10.7 Å². The van der Waals surface area contributed by atoms with E-state index in [1.54, 1.807) is 24.3 Å². The first-order valence-electron chi connectivity index (χ1n) is 5.27. The molecule has 0 radical (unpaired) electrons. The minimum Gasteiger partial charge on any atom is -0.308 e. The van der Waals surface area contributed by atoms with Crippen molar-refractivity contribution < 1.29 is 8.42 Å². The van der Waals surface area contributed by atoms with E-state index in [1.165, 1.54) is 18.2 Å². The fourth-order valence-electron chi connectivity index (χ4n) is 1.39. The van der Waals surface area contributed by atoms with E-state index in [0.29, 0.717) is 10.7 Å². The van der Waals surface area contributed by atoms with Gasteiger partial charge in [0.2, 0.25) is 0 Å². The first-order chi connectivity index (χ1) is 8.99. The van der Waals surface area contributed by atoms with Crippen LogP contribution in [0.1, 0.15) is 0 Å². The molecule has 7 heteroatoms. The van der Waals surface area contributed by atoms with Gasteiger partial charge in [-0.3, -0.25) is 0 Å². The maximum Gasteiger partial charge on any atom is 0.258 e. The van der Waals surface area contributed by atoms with Gasteiger partial charge in [0.1, 0.15) is 4.90 Å². The van der Waals surface area contributed by atoms with Gasteiger partial charge in [-0.05, 0) is 30.3 Å². The number of hydrogen-bond acceptors (Lipinski definition) is 3. The fraction of sp³-hybridized carbons (Fsp3) is 0. The average molecular weight is 317 g/mol. The second kappa shape index (κ2) is 5.79. The van der Waals surface area contributed by atoms with E-state index in [-0.39, 0.29) is 9.92 Å². The number of sulfonamides is 1. The molecule has 0 aliphatic rings. The Morgan fingerprint density at radius 1 is 0.947 bits per heavy atom. The maximum atomic E-state index is 12.1. The molecular weight excluding hydrogens is 307 g/mol. The highest BCUT2D eigenvalue weighted by molar-refractivity contribution is 7.89. The van der Waals surface area contributed by atoms with E-state index in [9.17, 15) is 8.42 Å². The summed E-state index contributed by atoms with van der Waals surface area (Å²) < 4.78 is 24.1. The van der Waals surface area contributed by atoms with Crippen molar-refractivity contribution in [3.8, 4) is 0 Å². The highest BCUT2D eigenvalue weighted by Crippen LogP contribution is 2.24. The fourth-order valence-corrected chi connectivity index (χ4v) is 3.01. The molecule has 2 N–H and O–H groups in total. The molecule has 100 valence electrons. The van der Waals surface area contributed by atoms with Crippen LogP contribution < -0.4 is 10.3 Å². The zero-order valence-electron chi connectivity index (χ0n) is 9.60. The summed E-state index contributed by atoms with van der Waals surface area (Å²) in [5, 5.41) is 0.399. The smallest absolute Gasteiger partial charge is 0.258 e. The highest BCUT2D eigenvalue weighted by atomic mass is 35.5. The summed E-state index contributed by atoms with van der Waals surface area (Å²) in [7, 11) is -3.79. The first-order valence-corrected chi connectivity index (χ1v) is 7.51. The average Bonchev–Trinajstić information content (AvgIpc) is 2.40. The molecule has 0 bridgehead atoms. The van der Waals surface area contributed by atoms with E-state index in [0.717, 1.165) is 0 Å². The van der Waals surface area contributed by atoms with Crippen LogP contribution in [0.5, 0.6) is 0 Å². The number of nitrogens with one attached hydrogen (secondary N) is 2. The molecule has 2 aromatic rings. The van der Waals surface area contributed by atoms with Crippen LogP contribution in [0.2, 0.25) is 10.0 Å². The monoisotopic (exact) mass is 316 g/mol. The van der Waals surface area contributed by atoms with E-state index in [2.05, 4.69) is 10.3 Å². The number of anilines is 1. The highest BCUT2D eigenvalue weighted by Gasteiger charge is 2.18. The maximum absolute atomic E-state index is 12.1. The van der Waals surface area contributed by atoms with E-state index in [1.807, 2.05) is 6.07 Å². The van der Waals surface area contributed by atoms with E-state index < -0.39 is 10.0 Å². The molecule has 4 nitrogen and oxygen atoms in total. The molecule has 0 atom stereocenters. The molecule has 0 aliphatic heterocycles. The molecule has 0 saturated carbocycles. The summed E-state index contributed by atoms with van der Waals surface area (Å²) in [6.07, 6.45) is 0. The van der Waals surface area contributed by atoms with Crippen LogP contribution in [-0.2, 0) is 10.0 Å². The number of halogens is 2. The van der Waals surface area contributed by atoms with Crippen molar-refractivity contribution in [2.45, 2.75) is 4.90 Å². The third-order valence-electron chi connectivity index (χ3n) is 2.29. The topological polar surface area (TPSA) is 58.2 Å². The molecule has 0 aliphatic carbocycles. The zero-order valence-corrected chi connectivity index (χ0v) is 11.9. The lowest BCUT2D eigenvalue weighted by Gasteiger charge is -2.10. The van der Waals surface area contributed by atoms with Gasteiger partial charge >= 0.3 is 0 Å². The molecule has 0 saturated heterocycles. The van der Waals surface area contributed by atoms with Gasteiger partial charge in [-0.1, -0.05) is 41.4 Å². The van der Waals surface area contributed by atoms with Gasteiger partial charge in [0.15, 0.2) is 0 Å². The van der Waals surface area contributed by atoms with Gasteiger partial charge < -0.3 is 5.43 Å². The van der Waals surface area contributed by atoms with E-state index in [4.69, 9.17) is 23.2 Å². The van der Waals surface area contributed by atoms with Crippen molar-refractivity contribution in [1.29, 1.82) is 0 Å². The molecule has 2 aromatic carbocycles. The van der Waals surface area contributed by atoms with Crippen LogP contribution in [0.25, 0.3) is 0 Å². The Morgan fingerprint density at radius 3 is 2.32 bits per heavy atom. The normalized spacial score (nSPS) is 11.3. The van der Waals surface area contributed by atoms with Gasteiger partial charge in [-0.25, -0.2) is 8.42 Å². The number of para-hydroxylation sites is 1. The predicted molar refractivity (Wildman–Crippen MR) is 76.8 cm³/mol. The summed E-state index contributed by atoms with van der Waals surface area (Å²) in [4.78, 5) is 2.16. The SMILES string of the molecule is O=S(=O)(NNc1ccccc1)c1cc(Cl)ccc1Cl. The lowest BCUT2D eigenvalue weighted by Crippen LogP contribution is -2.29. The summed E-state index contributed by atoms with van der Waals surface area (Å²) in [5.41, 5.74) is 3.21. The second-order valence-electron chi connectivity index (χ2n) is 3.67. The van der Waals surface area contributed by atoms with Crippen LogP contribution in [0.4, 0.5) is 5.69 Å². The van der Waals surface area contributed by atoms with Crippen molar-refractivity contribution >= 4 is 38.9 Å². The van der Waals surface area contributed by atoms with Gasteiger partial charge in [-0.15, -0.1) is 4.83 Å². The Bertz CT molecular complexity index is 675. The lowest BCUT2D eigenvalue weighted by atomic mass is 10.3. The standard InChI is InChI=1S/C12H10Cl2N2O2S/c13-9-6-7-11(14)12(8-9)19(17,18)16-15-10-4-2-1-3-5-10/h1-8,15-16H. The predicted octanol–water partition coefficient (Wildman–Crippen LogP) is 3.30. The van der Waals surface area contributed by atoms with E-state index >= 15 is 0 Å². The van der Waals surface area contributed by atoms with Crippen molar-refractivity contribution in [3.05, 3.63) is 58.6 Å². The summed E-state index contributed by atoms with van der Waals surface area (Å²) >= 11 is 11.6. The summed E-state index contributed by atoms with van der Waals surface area (Å²) in [6, 6.07) is 13.1. The molecule has 0 unspecified atom stereocenters. The zero-order chi connectivity index (χ0) is 13.9. The number of hydrogen-bond donors (Lipinski definition) is 2. The minimum absolute atomic E-state index is 0.0786. The van der Waals surface area contributed by atoms with Crippen molar-refractivity contribution in [2.75, 3.05) is 5.43 Å². The van der Waals surface area contributed by atoms with Gasteiger partial charge in [0.25, 0.3) is 10.0 Å². The Morgan fingerprint density at radius 2 is 1.63 bits per heavy atom. The van der Waals surface area contributed by atoms with Crippen LogP contribution in [0, 0.1) is 0 Å². The quantitative estimate of drug-likeness (QED) is 0.851. The molecule has 0 aromatic heterocycles. The summed E-state index contributed by atoms with van der Waals surface area (Å²) in [5.74, 6) is 0.